The molecule has 1 rings (SSSR count). The molecule has 1 aromatic rings. The first-order valence-electron chi connectivity index (χ1n) is 11.4. The highest BCUT2D eigenvalue weighted by Gasteiger charge is 2.25. The molecular formula is C24H38O6. The van der Waals surface area contributed by atoms with Crippen molar-refractivity contribution in [1.82, 2.24) is 0 Å². The van der Waals surface area contributed by atoms with Gasteiger partial charge in [-0.15, -0.1) is 0 Å². The molecule has 0 aliphatic carbocycles. The molecule has 0 bridgehead atoms. The van der Waals surface area contributed by atoms with Gasteiger partial charge in [0.1, 0.15) is 5.56 Å². The van der Waals surface area contributed by atoms with Crippen LogP contribution in [0.2, 0.25) is 0 Å². The Morgan fingerprint density at radius 2 is 1.17 bits per heavy atom. The number of ether oxygens (including phenoxy) is 2. The van der Waals surface area contributed by atoms with Crippen LogP contribution in [-0.2, 0) is 9.47 Å². The number of hydrogen-bond acceptors (Lipinski definition) is 6. The summed E-state index contributed by atoms with van der Waals surface area (Å²) >= 11 is 0. The van der Waals surface area contributed by atoms with Gasteiger partial charge in [0.05, 0.1) is 18.8 Å². The van der Waals surface area contributed by atoms with E-state index < -0.39 is 23.4 Å². The minimum absolute atomic E-state index is 0.0933. The van der Waals surface area contributed by atoms with E-state index in [1.807, 2.05) is 0 Å². The molecule has 0 aliphatic heterocycles. The zero-order valence-corrected chi connectivity index (χ0v) is 18.6. The third kappa shape index (κ3) is 9.51. The zero-order chi connectivity index (χ0) is 22.2. The van der Waals surface area contributed by atoms with Crippen LogP contribution >= 0.6 is 0 Å². The fourth-order valence-corrected chi connectivity index (χ4v) is 3.20. The molecule has 0 atom stereocenters. The van der Waals surface area contributed by atoms with Crippen molar-refractivity contribution in [2.24, 2.45) is 0 Å². The minimum atomic E-state index is -0.830. The lowest BCUT2D eigenvalue weighted by molar-refractivity contribution is 0.0446. The SMILES string of the molecule is CCCCCCCCOC(=O)c1ccc(O)c(O)c1C(=O)OCCCCCCCC. The van der Waals surface area contributed by atoms with Crippen LogP contribution < -0.4 is 0 Å². The number of phenolic OH excluding ortho intramolecular Hbond substituents is 2. The van der Waals surface area contributed by atoms with Gasteiger partial charge in [-0.05, 0) is 25.0 Å². The fourth-order valence-electron chi connectivity index (χ4n) is 3.20. The van der Waals surface area contributed by atoms with Gasteiger partial charge in [0.25, 0.3) is 0 Å². The van der Waals surface area contributed by atoms with E-state index in [-0.39, 0.29) is 24.3 Å². The van der Waals surface area contributed by atoms with E-state index in [1.165, 1.54) is 44.2 Å². The second kappa shape index (κ2) is 15.6. The molecule has 0 fully saturated rings. The maximum Gasteiger partial charge on any atom is 0.342 e. The number of esters is 2. The summed E-state index contributed by atoms with van der Waals surface area (Å²) in [6, 6.07) is 2.45. The molecule has 0 heterocycles. The molecule has 0 aliphatic rings. The van der Waals surface area contributed by atoms with E-state index in [4.69, 9.17) is 9.47 Å². The van der Waals surface area contributed by atoms with E-state index in [0.717, 1.165) is 38.5 Å². The number of benzene rings is 1. The maximum absolute atomic E-state index is 12.5. The molecule has 1 aromatic carbocycles. The van der Waals surface area contributed by atoms with E-state index >= 15 is 0 Å². The molecule has 170 valence electrons. The summed E-state index contributed by atoms with van der Waals surface area (Å²) in [6.07, 6.45) is 12.6. The number of unbranched alkanes of at least 4 members (excludes halogenated alkanes) is 10. The number of carbonyl (C=O) groups is 2. The standard InChI is InChI=1S/C24H38O6/c1-3-5-7-9-11-13-17-29-23(27)19-15-16-20(25)22(26)21(19)24(28)30-18-14-12-10-8-6-4-2/h15-16,25-26H,3-14,17-18H2,1-2H3. The number of carbonyl (C=O) groups excluding carboxylic acids is 2. The Morgan fingerprint density at radius 3 is 1.70 bits per heavy atom. The molecule has 6 nitrogen and oxygen atoms in total. The number of phenols is 2. The lowest BCUT2D eigenvalue weighted by Gasteiger charge is -2.12. The van der Waals surface area contributed by atoms with Crippen molar-refractivity contribution < 1.29 is 29.3 Å². The van der Waals surface area contributed by atoms with Crippen molar-refractivity contribution in [1.29, 1.82) is 0 Å². The minimum Gasteiger partial charge on any atom is -0.504 e. The Hall–Kier alpha value is -2.24. The van der Waals surface area contributed by atoms with Gasteiger partial charge in [-0.3, -0.25) is 0 Å². The summed E-state index contributed by atoms with van der Waals surface area (Å²) < 4.78 is 10.5. The largest absolute Gasteiger partial charge is 0.504 e. The van der Waals surface area contributed by atoms with Crippen LogP contribution in [-0.4, -0.2) is 35.4 Å². The van der Waals surface area contributed by atoms with Crippen molar-refractivity contribution >= 4 is 11.9 Å². The average molecular weight is 423 g/mol. The van der Waals surface area contributed by atoms with Gasteiger partial charge >= 0.3 is 11.9 Å². The third-order valence-corrected chi connectivity index (χ3v) is 5.04. The second-order valence-corrected chi connectivity index (χ2v) is 7.66. The van der Waals surface area contributed by atoms with Crippen LogP contribution in [0.3, 0.4) is 0 Å². The van der Waals surface area contributed by atoms with Crippen molar-refractivity contribution in [2.45, 2.75) is 90.9 Å². The summed E-state index contributed by atoms with van der Waals surface area (Å²) in [5.74, 6) is -2.67. The molecule has 0 aromatic heterocycles. The van der Waals surface area contributed by atoms with Gasteiger partial charge in [-0.2, -0.15) is 0 Å². The Bertz CT molecular complexity index is 641. The molecule has 0 saturated heterocycles. The van der Waals surface area contributed by atoms with Crippen molar-refractivity contribution in [3.63, 3.8) is 0 Å². The summed E-state index contributed by atoms with van der Waals surface area (Å²) in [4.78, 5) is 24.9. The predicted octanol–water partition coefficient (Wildman–Crippen LogP) is 6.13. The Labute approximate surface area is 180 Å². The quantitative estimate of drug-likeness (QED) is 0.189. The second-order valence-electron chi connectivity index (χ2n) is 7.66. The van der Waals surface area contributed by atoms with Crippen molar-refractivity contribution in [3.8, 4) is 11.5 Å². The third-order valence-electron chi connectivity index (χ3n) is 5.04. The highest BCUT2D eigenvalue weighted by atomic mass is 16.5. The van der Waals surface area contributed by atoms with Gasteiger partial charge in [0.15, 0.2) is 11.5 Å². The molecule has 0 saturated carbocycles. The summed E-state index contributed by atoms with van der Waals surface area (Å²) in [5.41, 5.74) is -0.432. The van der Waals surface area contributed by atoms with E-state index in [2.05, 4.69) is 13.8 Å². The maximum atomic E-state index is 12.5. The van der Waals surface area contributed by atoms with Crippen molar-refractivity contribution in [3.05, 3.63) is 23.3 Å². The van der Waals surface area contributed by atoms with E-state index in [1.54, 1.807) is 0 Å². The normalized spacial score (nSPS) is 10.7. The molecule has 6 heteroatoms. The van der Waals surface area contributed by atoms with Crippen molar-refractivity contribution in [2.75, 3.05) is 13.2 Å². The van der Waals surface area contributed by atoms with Crippen LogP contribution in [0, 0.1) is 0 Å². The van der Waals surface area contributed by atoms with Gasteiger partial charge in [0.2, 0.25) is 0 Å². The lowest BCUT2D eigenvalue weighted by atomic mass is 10.1. The van der Waals surface area contributed by atoms with Crippen LogP contribution in [0.15, 0.2) is 12.1 Å². The predicted molar refractivity (Wildman–Crippen MR) is 117 cm³/mol. The highest BCUT2D eigenvalue weighted by molar-refractivity contribution is 6.05. The number of rotatable bonds is 16. The molecule has 30 heavy (non-hydrogen) atoms. The summed E-state index contributed by atoms with van der Waals surface area (Å²) in [7, 11) is 0. The lowest BCUT2D eigenvalue weighted by Crippen LogP contribution is -2.15. The van der Waals surface area contributed by atoms with E-state index in [9.17, 15) is 19.8 Å². The molecular weight excluding hydrogens is 384 g/mol. The Kier molecular flexibility index (Phi) is 13.4. The van der Waals surface area contributed by atoms with Crippen LogP contribution in [0.4, 0.5) is 0 Å². The molecule has 0 radical (unpaired) electrons. The Balaban J connectivity index is 2.56. The fraction of sp³-hybridized carbons (Fsp3) is 0.667. The average Bonchev–Trinajstić information content (AvgIpc) is 2.73. The molecule has 0 amide bonds. The number of hydrogen-bond donors (Lipinski definition) is 2. The molecule has 0 unspecified atom stereocenters. The Morgan fingerprint density at radius 1 is 0.700 bits per heavy atom. The van der Waals surface area contributed by atoms with Gasteiger partial charge in [-0.25, -0.2) is 9.59 Å². The highest BCUT2D eigenvalue weighted by Crippen LogP contribution is 2.32. The van der Waals surface area contributed by atoms with E-state index in [0.29, 0.717) is 6.42 Å². The first-order chi connectivity index (χ1) is 14.5. The smallest absolute Gasteiger partial charge is 0.342 e. The van der Waals surface area contributed by atoms with Crippen LogP contribution in [0.5, 0.6) is 11.5 Å². The van der Waals surface area contributed by atoms with Crippen LogP contribution in [0.25, 0.3) is 0 Å². The van der Waals surface area contributed by atoms with Gasteiger partial charge in [0, 0.05) is 0 Å². The number of aromatic hydroxyl groups is 2. The first kappa shape index (κ1) is 25.8. The monoisotopic (exact) mass is 422 g/mol. The molecule has 0 spiro atoms. The first-order valence-corrected chi connectivity index (χ1v) is 11.4. The van der Waals surface area contributed by atoms with Gasteiger partial charge < -0.3 is 19.7 Å². The van der Waals surface area contributed by atoms with Crippen LogP contribution in [0.1, 0.15) is 112 Å². The molecule has 2 N–H and O–H groups in total. The zero-order valence-electron chi connectivity index (χ0n) is 18.6. The van der Waals surface area contributed by atoms with Gasteiger partial charge in [-0.1, -0.05) is 78.1 Å². The summed E-state index contributed by atoms with van der Waals surface area (Å²) in [6.45, 7) is 4.76. The topological polar surface area (TPSA) is 93.1 Å². The summed E-state index contributed by atoms with van der Waals surface area (Å²) in [5, 5.41) is 19.9.